The molecule has 1 aromatic carbocycles. The summed E-state index contributed by atoms with van der Waals surface area (Å²) in [4.78, 5) is 36.0. The number of ether oxygens (including phenoxy) is 3. The summed E-state index contributed by atoms with van der Waals surface area (Å²) in [5, 5.41) is 8.89. The first-order valence-corrected chi connectivity index (χ1v) is 9.91. The maximum absolute atomic E-state index is 12.4. The first-order chi connectivity index (χ1) is 13.3. The van der Waals surface area contributed by atoms with Crippen LogP contribution in [0, 0.1) is 0 Å². The van der Waals surface area contributed by atoms with Crippen LogP contribution in [0.15, 0.2) is 21.5 Å². The van der Waals surface area contributed by atoms with Crippen LogP contribution in [0.3, 0.4) is 0 Å². The molecule has 8 nitrogen and oxygen atoms in total. The maximum Gasteiger partial charge on any atom is 0.344 e. The number of thioether (sulfide) groups is 1. The molecule has 1 fully saturated rings. The standard InChI is InChI=1S/C17H16BrNO7S2/c1-3-25-14(22)8-26-15-10(18)4-9(5-11(15)24-2)6-12-16(23)19(7-13(20)21)17(27)28-12/h4-6H,3,7-8H2,1-2H3,(H,20,21). The van der Waals surface area contributed by atoms with E-state index >= 15 is 0 Å². The van der Waals surface area contributed by atoms with Crippen molar-refractivity contribution in [2.45, 2.75) is 6.92 Å². The molecule has 0 unspecified atom stereocenters. The molecule has 1 aliphatic rings. The SMILES string of the molecule is CCOC(=O)COc1c(Br)cc(C=C2SC(=S)N(CC(=O)O)C2=O)cc1OC. The van der Waals surface area contributed by atoms with Crippen LogP contribution < -0.4 is 9.47 Å². The predicted octanol–water partition coefficient (Wildman–Crippen LogP) is 2.69. The topological polar surface area (TPSA) is 102 Å². The number of carbonyl (C=O) groups is 3. The Bertz CT molecular complexity index is 856. The van der Waals surface area contributed by atoms with Gasteiger partial charge >= 0.3 is 11.9 Å². The Kier molecular flexibility index (Phi) is 7.84. The van der Waals surface area contributed by atoms with E-state index in [-0.39, 0.29) is 17.5 Å². The highest BCUT2D eigenvalue weighted by Crippen LogP contribution is 2.39. The molecule has 0 radical (unpaired) electrons. The summed E-state index contributed by atoms with van der Waals surface area (Å²) >= 11 is 9.45. The van der Waals surface area contributed by atoms with E-state index in [1.54, 1.807) is 25.1 Å². The van der Waals surface area contributed by atoms with Crippen LogP contribution in [0.5, 0.6) is 11.5 Å². The zero-order valence-electron chi connectivity index (χ0n) is 14.9. The number of methoxy groups -OCH3 is 1. The third-order valence-electron chi connectivity index (χ3n) is 3.36. The molecule has 1 N–H and O–H groups in total. The van der Waals surface area contributed by atoms with Gasteiger partial charge in [0.2, 0.25) is 0 Å². The molecule has 0 bridgehead atoms. The lowest BCUT2D eigenvalue weighted by Gasteiger charge is -2.13. The fraction of sp³-hybridized carbons (Fsp3) is 0.294. The second kappa shape index (κ2) is 9.89. The average molecular weight is 490 g/mol. The van der Waals surface area contributed by atoms with E-state index in [1.807, 2.05) is 0 Å². The van der Waals surface area contributed by atoms with Crippen LogP contribution in [0.1, 0.15) is 12.5 Å². The molecular weight excluding hydrogens is 474 g/mol. The summed E-state index contributed by atoms with van der Waals surface area (Å²) in [5.74, 6) is -1.49. The number of nitrogens with zero attached hydrogens (tertiary/aromatic N) is 1. The fourth-order valence-corrected chi connectivity index (χ4v) is 4.05. The van der Waals surface area contributed by atoms with Gasteiger partial charge in [-0.3, -0.25) is 14.5 Å². The highest BCUT2D eigenvalue weighted by Gasteiger charge is 2.33. The number of aliphatic carboxylic acids is 1. The van der Waals surface area contributed by atoms with Gasteiger partial charge in [0.15, 0.2) is 18.1 Å². The number of halogens is 1. The number of hydrogen-bond donors (Lipinski definition) is 1. The Hall–Kier alpha value is -2.11. The molecular formula is C17H16BrNO7S2. The summed E-state index contributed by atoms with van der Waals surface area (Å²) in [6, 6.07) is 3.29. The number of amides is 1. The molecule has 150 valence electrons. The van der Waals surface area contributed by atoms with E-state index in [4.69, 9.17) is 31.5 Å². The van der Waals surface area contributed by atoms with Crippen molar-refractivity contribution in [3.63, 3.8) is 0 Å². The van der Waals surface area contributed by atoms with Crippen molar-refractivity contribution in [2.75, 3.05) is 26.9 Å². The summed E-state index contributed by atoms with van der Waals surface area (Å²) in [5.41, 5.74) is 0.600. The van der Waals surface area contributed by atoms with Crippen molar-refractivity contribution in [1.82, 2.24) is 4.90 Å². The summed E-state index contributed by atoms with van der Waals surface area (Å²) < 4.78 is 16.3. The van der Waals surface area contributed by atoms with Gasteiger partial charge in [0, 0.05) is 0 Å². The molecule has 1 amide bonds. The number of carboxylic acid groups (broad SMARTS) is 1. The molecule has 1 aromatic rings. The van der Waals surface area contributed by atoms with Gasteiger partial charge in [-0.25, -0.2) is 4.79 Å². The number of hydrogen-bond acceptors (Lipinski definition) is 8. The molecule has 2 rings (SSSR count). The lowest BCUT2D eigenvalue weighted by atomic mass is 10.2. The van der Waals surface area contributed by atoms with E-state index in [9.17, 15) is 14.4 Å². The van der Waals surface area contributed by atoms with E-state index < -0.39 is 24.4 Å². The van der Waals surface area contributed by atoms with Gasteiger partial charge in [-0.2, -0.15) is 0 Å². The molecule has 0 spiro atoms. The second-order valence-corrected chi connectivity index (χ2v) is 7.82. The number of benzene rings is 1. The monoisotopic (exact) mass is 489 g/mol. The number of carboxylic acids is 1. The maximum atomic E-state index is 12.4. The summed E-state index contributed by atoms with van der Waals surface area (Å²) in [7, 11) is 1.44. The first-order valence-electron chi connectivity index (χ1n) is 7.90. The van der Waals surface area contributed by atoms with Crippen LogP contribution in [-0.2, 0) is 19.1 Å². The second-order valence-electron chi connectivity index (χ2n) is 5.29. The highest BCUT2D eigenvalue weighted by molar-refractivity contribution is 9.10. The van der Waals surface area contributed by atoms with E-state index in [2.05, 4.69) is 15.9 Å². The lowest BCUT2D eigenvalue weighted by molar-refractivity contribution is -0.145. The number of rotatable bonds is 8. The third kappa shape index (κ3) is 5.46. The van der Waals surface area contributed by atoms with E-state index in [1.165, 1.54) is 7.11 Å². The smallest absolute Gasteiger partial charge is 0.344 e. The minimum Gasteiger partial charge on any atom is -0.493 e. The molecule has 11 heteroatoms. The van der Waals surface area contributed by atoms with Crippen LogP contribution in [0.25, 0.3) is 6.08 Å². The summed E-state index contributed by atoms with van der Waals surface area (Å²) in [6.45, 7) is 1.17. The Balaban J connectivity index is 2.25. The Labute approximate surface area is 178 Å². The minimum absolute atomic E-state index is 0.180. The van der Waals surface area contributed by atoms with E-state index in [0.717, 1.165) is 16.7 Å². The molecule has 28 heavy (non-hydrogen) atoms. The molecule has 0 saturated carbocycles. The van der Waals surface area contributed by atoms with Crippen LogP contribution >= 0.6 is 39.9 Å². The van der Waals surface area contributed by atoms with Gasteiger partial charge < -0.3 is 19.3 Å². The first kappa shape index (κ1) is 22.2. The lowest BCUT2D eigenvalue weighted by Crippen LogP contribution is -2.33. The fourth-order valence-electron chi connectivity index (χ4n) is 2.22. The third-order valence-corrected chi connectivity index (χ3v) is 5.32. The molecule has 0 atom stereocenters. The Morgan fingerprint density at radius 2 is 2.11 bits per heavy atom. The molecule has 1 heterocycles. The number of esters is 1. The molecule has 1 saturated heterocycles. The summed E-state index contributed by atoms with van der Waals surface area (Å²) in [6.07, 6.45) is 1.57. The van der Waals surface area contributed by atoms with Crippen LogP contribution in [-0.4, -0.2) is 59.0 Å². The highest BCUT2D eigenvalue weighted by atomic mass is 79.9. The van der Waals surface area contributed by atoms with Gasteiger partial charge in [0.05, 0.1) is 23.1 Å². The van der Waals surface area contributed by atoms with E-state index in [0.29, 0.717) is 26.4 Å². The van der Waals surface area contributed by atoms with Gasteiger partial charge in [0.25, 0.3) is 5.91 Å². The van der Waals surface area contributed by atoms with Crippen molar-refractivity contribution in [3.8, 4) is 11.5 Å². The van der Waals surface area contributed by atoms with Crippen LogP contribution in [0.4, 0.5) is 0 Å². The van der Waals surface area contributed by atoms with Crippen molar-refractivity contribution < 1.29 is 33.7 Å². The average Bonchev–Trinajstić information content (AvgIpc) is 2.87. The van der Waals surface area contributed by atoms with Gasteiger partial charge in [-0.1, -0.05) is 24.0 Å². The van der Waals surface area contributed by atoms with Gasteiger partial charge in [-0.05, 0) is 46.6 Å². The molecule has 0 aromatic heterocycles. The Morgan fingerprint density at radius 3 is 2.71 bits per heavy atom. The zero-order chi connectivity index (χ0) is 20.8. The number of thiocarbonyl (C=S) groups is 1. The van der Waals surface area contributed by atoms with Crippen molar-refractivity contribution in [3.05, 3.63) is 27.1 Å². The zero-order valence-corrected chi connectivity index (χ0v) is 18.1. The van der Waals surface area contributed by atoms with Crippen LogP contribution in [0.2, 0.25) is 0 Å². The quantitative estimate of drug-likeness (QED) is 0.335. The van der Waals surface area contributed by atoms with Gasteiger partial charge in [0.1, 0.15) is 10.9 Å². The molecule has 1 aliphatic heterocycles. The predicted molar refractivity (Wildman–Crippen MR) is 110 cm³/mol. The largest absolute Gasteiger partial charge is 0.493 e. The van der Waals surface area contributed by atoms with Gasteiger partial charge in [-0.15, -0.1) is 0 Å². The minimum atomic E-state index is -1.15. The van der Waals surface area contributed by atoms with Crippen molar-refractivity contribution in [1.29, 1.82) is 0 Å². The Morgan fingerprint density at radius 1 is 1.39 bits per heavy atom. The van der Waals surface area contributed by atoms with Crippen molar-refractivity contribution in [2.24, 2.45) is 0 Å². The normalized spacial score (nSPS) is 15.1. The van der Waals surface area contributed by atoms with Crippen molar-refractivity contribution >= 4 is 68.2 Å². The number of carbonyl (C=O) groups excluding carboxylic acids is 2. The molecule has 0 aliphatic carbocycles.